The molecular formula is C20H16ClF3N4O2. The van der Waals surface area contributed by atoms with E-state index in [0.717, 1.165) is 12.1 Å². The lowest BCUT2D eigenvalue weighted by molar-refractivity contribution is -0.137. The number of aromatic nitrogens is 2. The summed E-state index contributed by atoms with van der Waals surface area (Å²) < 4.78 is 44.7. The summed E-state index contributed by atoms with van der Waals surface area (Å²) in [5.41, 5.74) is 0.0758. The molecule has 1 aromatic heterocycles. The zero-order valence-electron chi connectivity index (χ0n) is 15.5. The van der Waals surface area contributed by atoms with Gasteiger partial charge in [-0.1, -0.05) is 23.7 Å². The Hall–Kier alpha value is -2.91. The molecule has 0 aliphatic carbocycles. The van der Waals surface area contributed by atoms with Crippen molar-refractivity contribution >= 4 is 40.0 Å². The summed E-state index contributed by atoms with van der Waals surface area (Å²) >= 11 is 5.65. The zero-order chi connectivity index (χ0) is 21.3. The third kappa shape index (κ3) is 4.17. The van der Waals surface area contributed by atoms with Crippen LogP contribution in [0, 0.1) is 0 Å². The molecule has 0 radical (unpaired) electrons. The molecule has 0 atom stereocenters. The van der Waals surface area contributed by atoms with Gasteiger partial charge in [0.1, 0.15) is 0 Å². The molecule has 1 amide bonds. The van der Waals surface area contributed by atoms with Gasteiger partial charge >= 0.3 is 6.18 Å². The minimum Gasteiger partial charge on any atom is -0.378 e. The first-order chi connectivity index (χ1) is 14.3. The molecule has 1 N–H and O–H groups in total. The van der Waals surface area contributed by atoms with Crippen LogP contribution in [0.3, 0.4) is 0 Å². The second-order valence-electron chi connectivity index (χ2n) is 6.63. The van der Waals surface area contributed by atoms with Crippen LogP contribution in [0.1, 0.15) is 16.1 Å². The maximum absolute atomic E-state index is 13.1. The van der Waals surface area contributed by atoms with Gasteiger partial charge in [-0.05, 0) is 30.3 Å². The molecule has 0 spiro atoms. The number of ether oxygens (including phenoxy) is 1. The van der Waals surface area contributed by atoms with Crippen LogP contribution in [-0.4, -0.2) is 42.2 Å². The number of nitrogens with one attached hydrogen (secondary N) is 1. The first-order valence-electron chi connectivity index (χ1n) is 9.10. The van der Waals surface area contributed by atoms with Gasteiger partial charge in [-0.25, -0.2) is 9.97 Å². The molecule has 2 heterocycles. The monoisotopic (exact) mass is 436 g/mol. The Labute approximate surface area is 174 Å². The Kier molecular flexibility index (Phi) is 5.48. The Morgan fingerprint density at radius 2 is 1.73 bits per heavy atom. The third-order valence-corrected chi connectivity index (χ3v) is 4.94. The van der Waals surface area contributed by atoms with Gasteiger partial charge in [0.2, 0.25) is 0 Å². The van der Waals surface area contributed by atoms with Gasteiger partial charge in [0.05, 0.1) is 34.8 Å². The number of amides is 1. The van der Waals surface area contributed by atoms with E-state index in [-0.39, 0.29) is 11.4 Å². The first kappa shape index (κ1) is 20.4. The van der Waals surface area contributed by atoms with Gasteiger partial charge in [-0.3, -0.25) is 4.79 Å². The van der Waals surface area contributed by atoms with Gasteiger partial charge in [-0.2, -0.15) is 13.2 Å². The molecule has 3 aromatic rings. The number of fused-ring (bicyclic) bond motifs is 1. The minimum absolute atomic E-state index is 0.0270. The maximum atomic E-state index is 13.1. The Morgan fingerprint density at radius 3 is 2.40 bits per heavy atom. The zero-order valence-corrected chi connectivity index (χ0v) is 16.3. The van der Waals surface area contributed by atoms with Crippen molar-refractivity contribution in [3.63, 3.8) is 0 Å². The molecule has 1 fully saturated rings. The third-order valence-electron chi connectivity index (χ3n) is 4.61. The van der Waals surface area contributed by atoms with Crippen LogP contribution < -0.4 is 10.2 Å². The highest BCUT2D eigenvalue weighted by Gasteiger charge is 2.33. The van der Waals surface area contributed by atoms with E-state index >= 15 is 0 Å². The van der Waals surface area contributed by atoms with Gasteiger partial charge < -0.3 is 15.0 Å². The van der Waals surface area contributed by atoms with Crippen molar-refractivity contribution in [1.29, 1.82) is 0 Å². The maximum Gasteiger partial charge on any atom is 0.417 e. The number of alkyl halides is 3. The predicted molar refractivity (Wildman–Crippen MR) is 107 cm³/mol. The van der Waals surface area contributed by atoms with Crippen LogP contribution >= 0.6 is 11.6 Å². The summed E-state index contributed by atoms with van der Waals surface area (Å²) in [6.45, 7) is 1.99. The van der Waals surface area contributed by atoms with Crippen LogP contribution in [0.15, 0.2) is 42.5 Å². The van der Waals surface area contributed by atoms with E-state index in [1.807, 2.05) is 11.0 Å². The largest absolute Gasteiger partial charge is 0.417 e. The van der Waals surface area contributed by atoms with E-state index < -0.39 is 22.7 Å². The van der Waals surface area contributed by atoms with Crippen LogP contribution in [-0.2, 0) is 10.9 Å². The number of hydrogen-bond donors (Lipinski definition) is 1. The molecule has 4 rings (SSSR count). The van der Waals surface area contributed by atoms with Crippen molar-refractivity contribution in [3.8, 4) is 0 Å². The number of morpholine rings is 1. The molecule has 2 aromatic carbocycles. The summed E-state index contributed by atoms with van der Waals surface area (Å²) in [5, 5.41) is 2.04. The molecule has 1 saturated heterocycles. The standard InChI is InChI=1S/C20H16ClF3N4O2/c21-14-6-5-12(11-13(14)20(22,23)24)25-19(29)17-18(28-7-9-30-10-8-28)27-16-4-2-1-3-15(16)26-17/h1-6,11H,7-10H2,(H,25,29). The van der Waals surface area contributed by atoms with Crippen LogP contribution in [0.4, 0.5) is 24.7 Å². The van der Waals surface area contributed by atoms with Crippen molar-refractivity contribution in [3.05, 3.63) is 58.7 Å². The van der Waals surface area contributed by atoms with Crippen molar-refractivity contribution < 1.29 is 22.7 Å². The molecular weight excluding hydrogens is 421 g/mol. The second-order valence-corrected chi connectivity index (χ2v) is 7.04. The molecule has 1 aliphatic rings. The average Bonchev–Trinajstić information content (AvgIpc) is 2.74. The molecule has 10 heteroatoms. The number of para-hydroxylation sites is 2. The summed E-state index contributed by atoms with van der Waals surface area (Å²) in [7, 11) is 0. The van der Waals surface area contributed by atoms with Crippen molar-refractivity contribution in [2.24, 2.45) is 0 Å². The lowest BCUT2D eigenvalue weighted by Gasteiger charge is -2.29. The fraction of sp³-hybridized carbons (Fsp3) is 0.250. The molecule has 0 bridgehead atoms. The smallest absolute Gasteiger partial charge is 0.378 e. The van der Waals surface area contributed by atoms with Crippen LogP contribution in [0.2, 0.25) is 5.02 Å². The molecule has 1 aliphatic heterocycles. The lowest BCUT2D eigenvalue weighted by Crippen LogP contribution is -2.38. The lowest BCUT2D eigenvalue weighted by atomic mass is 10.2. The fourth-order valence-electron chi connectivity index (χ4n) is 3.15. The number of anilines is 2. The fourth-order valence-corrected chi connectivity index (χ4v) is 3.37. The molecule has 30 heavy (non-hydrogen) atoms. The summed E-state index contributed by atoms with van der Waals surface area (Å²) in [4.78, 5) is 23.9. The number of carbonyl (C=O) groups is 1. The number of halogens is 4. The number of carbonyl (C=O) groups excluding carboxylic acids is 1. The number of nitrogens with zero attached hydrogens (tertiary/aromatic N) is 3. The van der Waals surface area contributed by atoms with Gasteiger partial charge in [0.15, 0.2) is 11.5 Å². The van der Waals surface area contributed by atoms with E-state index in [4.69, 9.17) is 16.3 Å². The van der Waals surface area contributed by atoms with E-state index in [9.17, 15) is 18.0 Å². The van der Waals surface area contributed by atoms with E-state index in [2.05, 4.69) is 15.3 Å². The number of hydrogen-bond acceptors (Lipinski definition) is 5. The van der Waals surface area contributed by atoms with Crippen molar-refractivity contribution in [2.75, 3.05) is 36.5 Å². The van der Waals surface area contributed by atoms with Crippen molar-refractivity contribution in [2.45, 2.75) is 6.18 Å². The predicted octanol–water partition coefficient (Wildman–Crippen LogP) is 4.39. The van der Waals surface area contributed by atoms with Gasteiger partial charge in [0.25, 0.3) is 5.91 Å². The summed E-state index contributed by atoms with van der Waals surface area (Å²) in [6.07, 6.45) is -4.64. The highest BCUT2D eigenvalue weighted by molar-refractivity contribution is 6.31. The van der Waals surface area contributed by atoms with E-state index in [0.29, 0.717) is 43.2 Å². The Morgan fingerprint density at radius 1 is 1.07 bits per heavy atom. The molecule has 156 valence electrons. The minimum atomic E-state index is -4.64. The number of benzene rings is 2. The highest BCUT2D eigenvalue weighted by Crippen LogP contribution is 2.36. The van der Waals surface area contributed by atoms with E-state index in [1.165, 1.54) is 6.07 Å². The molecule has 0 saturated carbocycles. The van der Waals surface area contributed by atoms with Crippen molar-refractivity contribution in [1.82, 2.24) is 9.97 Å². The normalized spacial score (nSPS) is 14.7. The first-order valence-corrected chi connectivity index (χ1v) is 9.48. The van der Waals surface area contributed by atoms with E-state index in [1.54, 1.807) is 18.2 Å². The van der Waals surface area contributed by atoms with Crippen LogP contribution in [0.25, 0.3) is 11.0 Å². The summed E-state index contributed by atoms with van der Waals surface area (Å²) in [5.74, 6) is -0.301. The Bertz CT molecular complexity index is 1100. The topological polar surface area (TPSA) is 67.4 Å². The quantitative estimate of drug-likeness (QED) is 0.659. The highest BCUT2D eigenvalue weighted by atomic mass is 35.5. The SMILES string of the molecule is O=C(Nc1ccc(Cl)c(C(F)(F)F)c1)c1nc2ccccc2nc1N1CCOCC1. The van der Waals surface area contributed by atoms with Gasteiger partial charge in [-0.15, -0.1) is 0 Å². The molecule has 0 unspecified atom stereocenters. The number of rotatable bonds is 3. The summed E-state index contributed by atoms with van der Waals surface area (Å²) in [6, 6.07) is 10.3. The Balaban J connectivity index is 1.72. The van der Waals surface area contributed by atoms with Crippen LogP contribution in [0.5, 0.6) is 0 Å². The second kappa shape index (κ2) is 8.08. The van der Waals surface area contributed by atoms with Gasteiger partial charge in [0, 0.05) is 18.8 Å². The molecule has 6 nitrogen and oxygen atoms in total. The average molecular weight is 437 g/mol.